The molecule has 0 spiro atoms. The Labute approximate surface area is 125 Å². The molecular weight excluding hydrogens is 292 g/mol. The maximum Gasteiger partial charge on any atom is 0.251 e. The SMILES string of the molecule is CCS(=O)(=O)CC(C)Nc1ccc(C(=O)NCCO)cc1. The van der Waals surface area contributed by atoms with Crippen LogP contribution in [0.5, 0.6) is 0 Å². The molecule has 0 heterocycles. The minimum absolute atomic E-state index is 0.0717. The Kier molecular flexibility index (Phi) is 6.64. The Morgan fingerprint density at radius 3 is 2.43 bits per heavy atom. The van der Waals surface area contributed by atoms with Gasteiger partial charge in [-0.2, -0.15) is 0 Å². The second-order valence-corrected chi connectivity index (χ2v) is 7.20. The van der Waals surface area contributed by atoms with Crippen LogP contribution in [0.15, 0.2) is 24.3 Å². The predicted octanol–water partition coefficient (Wildman–Crippen LogP) is 0.644. The molecule has 1 aromatic rings. The van der Waals surface area contributed by atoms with Crippen molar-refractivity contribution in [1.29, 1.82) is 0 Å². The van der Waals surface area contributed by atoms with Crippen molar-refractivity contribution in [3.8, 4) is 0 Å². The number of nitrogens with one attached hydrogen (secondary N) is 2. The summed E-state index contributed by atoms with van der Waals surface area (Å²) in [6, 6.07) is 6.54. The molecule has 21 heavy (non-hydrogen) atoms. The number of amides is 1. The lowest BCUT2D eigenvalue weighted by atomic mass is 10.2. The van der Waals surface area contributed by atoms with Gasteiger partial charge in [0.2, 0.25) is 0 Å². The molecule has 1 aromatic carbocycles. The highest BCUT2D eigenvalue weighted by Gasteiger charge is 2.13. The van der Waals surface area contributed by atoms with E-state index in [1.54, 1.807) is 38.1 Å². The number of aliphatic hydroxyl groups excluding tert-OH is 1. The van der Waals surface area contributed by atoms with Gasteiger partial charge in [0.1, 0.15) is 0 Å². The average molecular weight is 314 g/mol. The zero-order chi connectivity index (χ0) is 15.9. The van der Waals surface area contributed by atoms with Crippen molar-refractivity contribution >= 4 is 21.4 Å². The van der Waals surface area contributed by atoms with Gasteiger partial charge >= 0.3 is 0 Å². The summed E-state index contributed by atoms with van der Waals surface area (Å²) in [5.41, 5.74) is 1.25. The van der Waals surface area contributed by atoms with Crippen molar-refractivity contribution in [3.63, 3.8) is 0 Å². The van der Waals surface area contributed by atoms with E-state index in [0.29, 0.717) is 5.56 Å². The Balaban J connectivity index is 2.60. The molecule has 0 aromatic heterocycles. The molecule has 0 aliphatic heterocycles. The summed E-state index contributed by atoms with van der Waals surface area (Å²) in [4.78, 5) is 11.6. The number of aliphatic hydroxyl groups is 1. The van der Waals surface area contributed by atoms with Gasteiger partial charge in [0.05, 0.1) is 12.4 Å². The lowest BCUT2D eigenvalue weighted by molar-refractivity contribution is 0.0945. The fraction of sp³-hybridized carbons (Fsp3) is 0.500. The molecule has 1 rings (SSSR count). The summed E-state index contributed by atoms with van der Waals surface area (Å²) in [6.07, 6.45) is 0. The molecule has 0 aliphatic rings. The van der Waals surface area contributed by atoms with Crippen LogP contribution in [-0.2, 0) is 9.84 Å². The summed E-state index contributed by atoms with van der Waals surface area (Å²) in [5, 5.41) is 14.3. The lowest BCUT2D eigenvalue weighted by Crippen LogP contribution is -2.27. The normalized spacial score (nSPS) is 12.7. The molecule has 6 nitrogen and oxygen atoms in total. The van der Waals surface area contributed by atoms with Crippen molar-refractivity contribution in [2.75, 3.05) is 30.0 Å². The van der Waals surface area contributed by atoms with Crippen LogP contribution in [0.4, 0.5) is 5.69 Å². The Bertz CT molecular complexity index is 555. The second kappa shape index (κ2) is 7.99. The second-order valence-electron chi connectivity index (χ2n) is 4.80. The van der Waals surface area contributed by atoms with E-state index in [0.717, 1.165) is 5.69 Å². The largest absolute Gasteiger partial charge is 0.395 e. The maximum absolute atomic E-state index is 11.6. The first-order valence-electron chi connectivity index (χ1n) is 6.84. The van der Waals surface area contributed by atoms with Crippen molar-refractivity contribution in [2.45, 2.75) is 19.9 Å². The van der Waals surface area contributed by atoms with Crippen molar-refractivity contribution in [1.82, 2.24) is 5.32 Å². The summed E-state index contributed by atoms with van der Waals surface area (Å²) < 4.78 is 23.1. The minimum Gasteiger partial charge on any atom is -0.395 e. The summed E-state index contributed by atoms with van der Waals surface area (Å²) in [6.45, 7) is 3.54. The molecule has 7 heteroatoms. The van der Waals surface area contributed by atoms with Gasteiger partial charge in [-0.25, -0.2) is 8.42 Å². The zero-order valence-corrected chi connectivity index (χ0v) is 13.1. The van der Waals surface area contributed by atoms with E-state index in [1.807, 2.05) is 0 Å². The summed E-state index contributed by atoms with van der Waals surface area (Å²) >= 11 is 0. The third-order valence-corrected chi connectivity index (χ3v) is 4.79. The molecule has 0 saturated heterocycles. The van der Waals surface area contributed by atoms with E-state index < -0.39 is 9.84 Å². The van der Waals surface area contributed by atoms with Crippen LogP contribution in [0.2, 0.25) is 0 Å². The number of hydrogen-bond acceptors (Lipinski definition) is 5. The lowest BCUT2D eigenvalue weighted by Gasteiger charge is -2.15. The van der Waals surface area contributed by atoms with Crippen LogP contribution in [0.1, 0.15) is 24.2 Å². The standard InChI is InChI=1S/C14H22N2O4S/c1-3-21(19,20)10-11(2)16-13-6-4-12(5-7-13)14(18)15-8-9-17/h4-7,11,16-17H,3,8-10H2,1-2H3,(H,15,18). The van der Waals surface area contributed by atoms with Gasteiger partial charge in [-0.15, -0.1) is 0 Å². The smallest absolute Gasteiger partial charge is 0.251 e. The first-order chi connectivity index (χ1) is 9.88. The first kappa shape index (κ1) is 17.5. The van der Waals surface area contributed by atoms with Gasteiger partial charge in [0.15, 0.2) is 9.84 Å². The highest BCUT2D eigenvalue weighted by molar-refractivity contribution is 7.91. The minimum atomic E-state index is -3.02. The van der Waals surface area contributed by atoms with E-state index in [1.165, 1.54) is 0 Å². The van der Waals surface area contributed by atoms with E-state index >= 15 is 0 Å². The maximum atomic E-state index is 11.6. The van der Waals surface area contributed by atoms with Crippen molar-refractivity contribution in [2.24, 2.45) is 0 Å². The van der Waals surface area contributed by atoms with E-state index in [-0.39, 0.29) is 36.6 Å². The quantitative estimate of drug-likeness (QED) is 0.654. The van der Waals surface area contributed by atoms with Gasteiger partial charge in [0.25, 0.3) is 5.91 Å². The molecule has 0 radical (unpaired) electrons. The Morgan fingerprint density at radius 1 is 1.29 bits per heavy atom. The molecule has 0 saturated carbocycles. The topological polar surface area (TPSA) is 95.5 Å². The molecule has 0 fully saturated rings. The number of carbonyl (C=O) groups excluding carboxylic acids is 1. The molecule has 0 aliphatic carbocycles. The molecular formula is C14H22N2O4S. The number of sulfone groups is 1. The molecule has 0 bridgehead atoms. The van der Waals surface area contributed by atoms with E-state index in [9.17, 15) is 13.2 Å². The van der Waals surface area contributed by atoms with Gasteiger partial charge in [-0.05, 0) is 31.2 Å². The van der Waals surface area contributed by atoms with Crippen LogP contribution in [-0.4, -0.2) is 50.1 Å². The van der Waals surface area contributed by atoms with Gasteiger partial charge in [-0.1, -0.05) is 6.92 Å². The van der Waals surface area contributed by atoms with Crippen LogP contribution >= 0.6 is 0 Å². The molecule has 1 unspecified atom stereocenters. The zero-order valence-electron chi connectivity index (χ0n) is 12.3. The van der Waals surface area contributed by atoms with Crippen LogP contribution < -0.4 is 10.6 Å². The fourth-order valence-corrected chi connectivity index (χ4v) is 2.90. The summed E-state index contributed by atoms with van der Waals surface area (Å²) in [5.74, 6) is -0.0530. The molecule has 1 atom stereocenters. The highest BCUT2D eigenvalue weighted by Crippen LogP contribution is 2.11. The van der Waals surface area contributed by atoms with Crippen molar-refractivity contribution in [3.05, 3.63) is 29.8 Å². The van der Waals surface area contributed by atoms with E-state index in [4.69, 9.17) is 5.11 Å². The number of rotatable bonds is 8. The number of anilines is 1. The third kappa shape index (κ3) is 6.14. The van der Waals surface area contributed by atoms with Crippen LogP contribution in [0, 0.1) is 0 Å². The van der Waals surface area contributed by atoms with Gasteiger partial charge in [0, 0.05) is 29.6 Å². The number of benzene rings is 1. The number of carbonyl (C=O) groups is 1. The van der Waals surface area contributed by atoms with E-state index in [2.05, 4.69) is 10.6 Å². The summed E-state index contributed by atoms with van der Waals surface area (Å²) in [7, 11) is -3.02. The number of hydrogen-bond donors (Lipinski definition) is 3. The van der Waals surface area contributed by atoms with Crippen molar-refractivity contribution < 1.29 is 18.3 Å². The van der Waals surface area contributed by atoms with Gasteiger partial charge < -0.3 is 15.7 Å². The fourth-order valence-electron chi connectivity index (χ4n) is 1.81. The Hall–Kier alpha value is -1.60. The third-order valence-electron chi connectivity index (χ3n) is 2.90. The van der Waals surface area contributed by atoms with Crippen LogP contribution in [0.3, 0.4) is 0 Å². The predicted molar refractivity (Wildman–Crippen MR) is 83.3 cm³/mol. The van der Waals surface area contributed by atoms with Crippen LogP contribution in [0.25, 0.3) is 0 Å². The highest BCUT2D eigenvalue weighted by atomic mass is 32.2. The molecule has 118 valence electrons. The monoisotopic (exact) mass is 314 g/mol. The first-order valence-corrected chi connectivity index (χ1v) is 8.66. The molecule has 3 N–H and O–H groups in total. The van der Waals surface area contributed by atoms with Gasteiger partial charge in [-0.3, -0.25) is 4.79 Å². The average Bonchev–Trinajstić information content (AvgIpc) is 2.45. The molecule has 1 amide bonds. The Morgan fingerprint density at radius 2 is 1.90 bits per heavy atom.